The molecule has 102 valence electrons. The number of anilines is 1. The molecule has 1 aliphatic rings. The lowest BCUT2D eigenvalue weighted by atomic mass is 10.1. The Morgan fingerprint density at radius 2 is 1.60 bits per heavy atom. The third-order valence-corrected chi connectivity index (χ3v) is 3.75. The number of thiol groups is 1. The van der Waals surface area contributed by atoms with Crippen molar-refractivity contribution in [3.8, 4) is 0 Å². The Hall–Kier alpha value is -1.78. The highest BCUT2D eigenvalue weighted by Crippen LogP contribution is 2.23. The molecular weight excluding hydrogens is 266 g/mol. The molecule has 1 unspecified atom stereocenters. The molecule has 0 aromatic heterocycles. The zero-order valence-electron chi connectivity index (χ0n) is 11.1. The van der Waals surface area contributed by atoms with Crippen LogP contribution in [0, 0.1) is 0 Å². The van der Waals surface area contributed by atoms with E-state index in [4.69, 9.17) is 0 Å². The van der Waals surface area contributed by atoms with Crippen molar-refractivity contribution in [2.24, 2.45) is 4.99 Å². The fourth-order valence-corrected chi connectivity index (χ4v) is 2.57. The molecule has 1 aliphatic heterocycles. The Labute approximate surface area is 124 Å². The summed E-state index contributed by atoms with van der Waals surface area (Å²) in [5, 5.41) is 4.23. The van der Waals surface area contributed by atoms with Crippen LogP contribution in [0.5, 0.6) is 0 Å². The first-order chi connectivity index (χ1) is 9.84. The zero-order chi connectivity index (χ0) is 13.8. The van der Waals surface area contributed by atoms with Crippen molar-refractivity contribution in [3.05, 3.63) is 66.2 Å². The standard InChI is InChI=1S/C16H17N3S/c20-16-17-13-19(15-9-5-2-6-10-15)18(16)12-11-14-7-3-1-4-8-14/h1-10,13,16,20H,11-12H2. The van der Waals surface area contributed by atoms with Gasteiger partial charge in [-0.2, -0.15) is 5.01 Å². The molecule has 4 heteroatoms. The van der Waals surface area contributed by atoms with Gasteiger partial charge < -0.3 is 0 Å². The average molecular weight is 283 g/mol. The van der Waals surface area contributed by atoms with E-state index in [1.807, 2.05) is 30.6 Å². The highest BCUT2D eigenvalue weighted by Gasteiger charge is 2.25. The second kappa shape index (κ2) is 6.11. The molecule has 0 amide bonds. The molecule has 3 nitrogen and oxygen atoms in total. The number of hydrogen-bond donors (Lipinski definition) is 1. The van der Waals surface area contributed by atoms with Crippen LogP contribution in [0.1, 0.15) is 5.56 Å². The minimum absolute atomic E-state index is 0.112. The molecule has 2 aromatic carbocycles. The van der Waals surface area contributed by atoms with E-state index in [9.17, 15) is 0 Å². The maximum atomic E-state index is 4.53. The fourth-order valence-electron chi connectivity index (χ4n) is 2.28. The Bertz CT molecular complexity index is 571. The number of nitrogens with zero attached hydrogens (tertiary/aromatic N) is 3. The molecule has 0 saturated carbocycles. The summed E-state index contributed by atoms with van der Waals surface area (Å²) >= 11 is 4.53. The van der Waals surface area contributed by atoms with Gasteiger partial charge in [0.05, 0.1) is 5.69 Å². The number of hydrazine groups is 1. The molecule has 3 rings (SSSR count). The summed E-state index contributed by atoms with van der Waals surface area (Å²) in [4.78, 5) is 4.38. The minimum Gasteiger partial charge on any atom is -0.261 e. The predicted octanol–water partition coefficient (Wildman–Crippen LogP) is 3.21. The molecule has 0 spiro atoms. The van der Waals surface area contributed by atoms with E-state index >= 15 is 0 Å². The smallest absolute Gasteiger partial charge is 0.165 e. The second-order valence-electron chi connectivity index (χ2n) is 4.69. The van der Waals surface area contributed by atoms with Crippen LogP contribution in [-0.2, 0) is 6.42 Å². The number of benzene rings is 2. The lowest BCUT2D eigenvalue weighted by Crippen LogP contribution is -2.41. The number of aliphatic imine (C=N–C) groups is 1. The van der Waals surface area contributed by atoms with Crippen molar-refractivity contribution in [1.29, 1.82) is 0 Å². The van der Waals surface area contributed by atoms with Gasteiger partial charge >= 0.3 is 0 Å². The molecular formula is C16H17N3S. The topological polar surface area (TPSA) is 18.8 Å². The Balaban J connectivity index is 1.71. The van der Waals surface area contributed by atoms with Gasteiger partial charge in [-0.1, -0.05) is 48.5 Å². The van der Waals surface area contributed by atoms with Gasteiger partial charge in [-0.3, -0.25) is 5.01 Å². The molecule has 0 N–H and O–H groups in total. The first-order valence-corrected chi connectivity index (χ1v) is 7.22. The van der Waals surface area contributed by atoms with E-state index < -0.39 is 0 Å². The maximum Gasteiger partial charge on any atom is 0.165 e. The molecule has 1 atom stereocenters. The van der Waals surface area contributed by atoms with Crippen LogP contribution < -0.4 is 5.01 Å². The number of hydrogen-bond acceptors (Lipinski definition) is 4. The first kappa shape index (κ1) is 13.2. The maximum absolute atomic E-state index is 4.53. The van der Waals surface area contributed by atoms with Crippen molar-refractivity contribution >= 4 is 24.7 Å². The summed E-state index contributed by atoms with van der Waals surface area (Å²) in [6.07, 6.45) is 2.82. The fraction of sp³-hybridized carbons (Fsp3) is 0.188. The van der Waals surface area contributed by atoms with E-state index in [0.717, 1.165) is 18.7 Å². The summed E-state index contributed by atoms with van der Waals surface area (Å²) in [5.74, 6) is 0. The van der Waals surface area contributed by atoms with E-state index in [-0.39, 0.29) is 5.50 Å². The minimum atomic E-state index is -0.112. The molecule has 20 heavy (non-hydrogen) atoms. The Kier molecular flexibility index (Phi) is 4.04. The molecule has 0 aliphatic carbocycles. The normalized spacial score (nSPS) is 18.6. The molecule has 2 aromatic rings. The zero-order valence-corrected chi connectivity index (χ0v) is 12.0. The van der Waals surface area contributed by atoms with Crippen LogP contribution >= 0.6 is 12.6 Å². The van der Waals surface area contributed by atoms with Crippen molar-refractivity contribution in [2.75, 3.05) is 11.6 Å². The van der Waals surface area contributed by atoms with Gasteiger partial charge in [0.25, 0.3) is 0 Å². The van der Waals surface area contributed by atoms with Gasteiger partial charge in [-0.25, -0.2) is 4.99 Å². The largest absolute Gasteiger partial charge is 0.261 e. The Morgan fingerprint density at radius 3 is 2.30 bits per heavy atom. The summed E-state index contributed by atoms with van der Waals surface area (Å²) in [6, 6.07) is 20.7. The van der Waals surface area contributed by atoms with Crippen molar-refractivity contribution in [2.45, 2.75) is 11.9 Å². The van der Waals surface area contributed by atoms with E-state index in [2.05, 4.69) is 64.0 Å². The summed E-state index contributed by atoms with van der Waals surface area (Å²) in [5.41, 5.74) is 2.33. The highest BCUT2D eigenvalue weighted by atomic mass is 32.1. The lowest BCUT2D eigenvalue weighted by molar-refractivity contribution is 0.299. The molecule has 1 heterocycles. The van der Waals surface area contributed by atoms with Crippen LogP contribution in [0.4, 0.5) is 5.69 Å². The van der Waals surface area contributed by atoms with Crippen molar-refractivity contribution in [3.63, 3.8) is 0 Å². The average Bonchev–Trinajstić information content (AvgIpc) is 2.88. The number of rotatable bonds is 4. The van der Waals surface area contributed by atoms with Crippen molar-refractivity contribution in [1.82, 2.24) is 5.01 Å². The van der Waals surface area contributed by atoms with E-state index in [0.29, 0.717) is 0 Å². The highest BCUT2D eigenvalue weighted by molar-refractivity contribution is 7.80. The molecule has 0 fully saturated rings. The molecule has 0 bridgehead atoms. The van der Waals surface area contributed by atoms with Gasteiger partial charge in [0, 0.05) is 6.54 Å². The summed E-state index contributed by atoms with van der Waals surface area (Å²) < 4.78 is 0. The van der Waals surface area contributed by atoms with Gasteiger partial charge in [0.15, 0.2) is 5.50 Å². The molecule has 0 radical (unpaired) electrons. The summed E-state index contributed by atoms with van der Waals surface area (Å²) in [7, 11) is 0. The van der Waals surface area contributed by atoms with Crippen LogP contribution in [0.2, 0.25) is 0 Å². The van der Waals surface area contributed by atoms with Crippen LogP contribution in [-0.4, -0.2) is 23.4 Å². The van der Waals surface area contributed by atoms with Gasteiger partial charge in [0.1, 0.15) is 6.34 Å². The van der Waals surface area contributed by atoms with Crippen LogP contribution in [0.3, 0.4) is 0 Å². The Morgan fingerprint density at radius 1 is 0.950 bits per heavy atom. The predicted molar refractivity (Wildman–Crippen MR) is 87.0 cm³/mol. The third kappa shape index (κ3) is 2.86. The van der Waals surface area contributed by atoms with Crippen LogP contribution in [0.15, 0.2) is 65.7 Å². The van der Waals surface area contributed by atoms with Gasteiger partial charge in [-0.15, -0.1) is 12.6 Å². The number of para-hydroxylation sites is 1. The van der Waals surface area contributed by atoms with Gasteiger partial charge in [0.2, 0.25) is 0 Å². The van der Waals surface area contributed by atoms with Gasteiger partial charge in [-0.05, 0) is 24.1 Å². The SMILES string of the molecule is SC1N=CN(c2ccccc2)N1CCc1ccccc1. The lowest BCUT2D eigenvalue weighted by Gasteiger charge is -2.29. The second-order valence-corrected chi connectivity index (χ2v) is 5.15. The summed E-state index contributed by atoms with van der Waals surface area (Å²) in [6.45, 7) is 0.882. The quantitative estimate of drug-likeness (QED) is 0.869. The van der Waals surface area contributed by atoms with Crippen LogP contribution in [0.25, 0.3) is 0 Å². The monoisotopic (exact) mass is 283 g/mol. The van der Waals surface area contributed by atoms with E-state index in [1.165, 1.54) is 5.56 Å². The third-order valence-electron chi connectivity index (χ3n) is 3.35. The van der Waals surface area contributed by atoms with Crippen molar-refractivity contribution < 1.29 is 0 Å². The molecule has 0 saturated heterocycles. The van der Waals surface area contributed by atoms with E-state index in [1.54, 1.807) is 0 Å². The first-order valence-electron chi connectivity index (χ1n) is 6.71.